The molecule has 0 bridgehead atoms. The van der Waals surface area contributed by atoms with Crippen molar-refractivity contribution in [3.63, 3.8) is 0 Å². The molecule has 11 heavy (non-hydrogen) atoms. The van der Waals surface area contributed by atoms with E-state index >= 15 is 0 Å². The topological polar surface area (TPSA) is 9.23 Å². The molecule has 0 saturated carbocycles. The first kappa shape index (κ1) is 10.0. The standard InChI is InChI=1S/C10H16O/c1-5-6-7-10(2,3)8-9-11-4/h5-9H,1H2,2-4H3/b7-6+,9-8+. The van der Waals surface area contributed by atoms with E-state index in [9.17, 15) is 0 Å². The summed E-state index contributed by atoms with van der Waals surface area (Å²) in [5.41, 5.74) is 0.0458. The molecule has 0 aliphatic carbocycles. The van der Waals surface area contributed by atoms with E-state index in [1.165, 1.54) is 0 Å². The fourth-order valence-corrected chi connectivity index (χ4v) is 0.615. The van der Waals surface area contributed by atoms with Gasteiger partial charge in [-0.3, -0.25) is 0 Å². The van der Waals surface area contributed by atoms with Crippen LogP contribution < -0.4 is 0 Å². The molecule has 0 aliphatic heterocycles. The molecule has 0 atom stereocenters. The van der Waals surface area contributed by atoms with E-state index in [1.807, 2.05) is 12.2 Å². The minimum Gasteiger partial charge on any atom is -0.505 e. The summed E-state index contributed by atoms with van der Waals surface area (Å²) in [6, 6.07) is 0. The lowest BCUT2D eigenvalue weighted by Gasteiger charge is -2.12. The fourth-order valence-electron chi connectivity index (χ4n) is 0.615. The molecule has 0 aromatic rings. The van der Waals surface area contributed by atoms with Crippen LogP contribution in [0, 0.1) is 5.41 Å². The molecule has 0 aromatic heterocycles. The van der Waals surface area contributed by atoms with Gasteiger partial charge in [-0.15, -0.1) is 0 Å². The fraction of sp³-hybridized carbons (Fsp3) is 0.400. The minimum absolute atomic E-state index is 0.0458. The molecule has 1 nitrogen and oxygen atoms in total. The van der Waals surface area contributed by atoms with Gasteiger partial charge >= 0.3 is 0 Å². The van der Waals surface area contributed by atoms with Crippen LogP contribution in [0.3, 0.4) is 0 Å². The lowest BCUT2D eigenvalue weighted by Crippen LogP contribution is -2.01. The summed E-state index contributed by atoms with van der Waals surface area (Å²) in [5.74, 6) is 0. The molecule has 0 unspecified atom stereocenters. The third-order valence-corrected chi connectivity index (χ3v) is 1.30. The molecule has 0 spiro atoms. The van der Waals surface area contributed by atoms with Crippen LogP contribution in [0.15, 0.2) is 37.1 Å². The number of methoxy groups -OCH3 is 1. The summed E-state index contributed by atoms with van der Waals surface area (Å²) in [5, 5.41) is 0. The molecule has 0 fully saturated rings. The van der Waals surface area contributed by atoms with Crippen molar-refractivity contribution in [2.75, 3.05) is 7.11 Å². The number of ether oxygens (including phenoxy) is 1. The lowest BCUT2D eigenvalue weighted by atomic mass is 9.93. The van der Waals surface area contributed by atoms with Gasteiger partial charge in [0.25, 0.3) is 0 Å². The summed E-state index contributed by atoms with van der Waals surface area (Å²) in [7, 11) is 1.64. The van der Waals surface area contributed by atoms with Gasteiger partial charge in [0.05, 0.1) is 13.4 Å². The van der Waals surface area contributed by atoms with Crippen molar-refractivity contribution in [3.05, 3.63) is 37.1 Å². The summed E-state index contributed by atoms with van der Waals surface area (Å²) in [6.07, 6.45) is 9.44. The van der Waals surface area contributed by atoms with Crippen LogP contribution >= 0.6 is 0 Å². The van der Waals surface area contributed by atoms with Crippen LogP contribution in [0.1, 0.15) is 13.8 Å². The van der Waals surface area contributed by atoms with E-state index in [-0.39, 0.29) is 5.41 Å². The predicted molar refractivity (Wildman–Crippen MR) is 49.3 cm³/mol. The zero-order chi connectivity index (χ0) is 8.74. The average molecular weight is 152 g/mol. The summed E-state index contributed by atoms with van der Waals surface area (Å²) >= 11 is 0. The Bertz CT molecular complexity index is 164. The van der Waals surface area contributed by atoms with E-state index in [2.05, 4.69) is 26.5 Å². The second-order valence-corrected chi connectivity index (χ2v) is 2.95. The molecule has 0 aliphatic rings. The highest BCUT2D eigenvalue weighted by Gasteiger charge is 2.07. The Morgan fingerprint density at radius 1 is 1.27 bits per heavy atom. The van der Waals surface area contributed by atoms with Crippen molar-refractivity contribution in [3.8, 4) is 0 Å². The van der Waals surface area contributed by atoms with Gasteiger partial charge in [0.15, 0.2) is 0 Å². The van der Waals surface area contributed by atoms with Gasteiger partial charge in [-0.05, 0) is 6.08 Å². The average Bonchev–Trinajstić information content (AvgIpc) is 1.97. The minimum atomic E-state index is 0.0458. The SMILES string of the molecule is C=C/C=C/C(C)(C)/C=C/OC. The van der Waals surface area contributed by atoms with E-state index in [0.717, 1.165) is 0 Å². The van der Waals surface area contributed by atoms with Gasteiger partial charge < -0.3 is 4.74 Å². The summed E-state index contributed by atoms with van der Waals surface area (Å²) in [4.78, 5) is 0. The Labute approximate surface area is 69.1 Å². The second kappa shape index (κ2) is 4.78. The van der Waals surface area contributed by atoms with Crippen LogP contribution in [0.25, 0.3) is 0 Å². The lowest BCUT2D eigenvalue weighted by molar-refractivity contribution is 0.331. The number of hydrogen-bond donors (Lipinski definition) is 0. The molecule has 0 N–H and O–H groups in total. The highest BCUT2D eigenvalue weighted by atomic mass is 16.5. The van der Waals surface area contributed by atoms with E-state index in [4.69, 9.17) is 4.74 Å². The number of allylic oxidation sites excluding steroid dienone is 4. The normalized spacial score (nSPS) is 12.6. The number of rotatable bonds is 4. The van der Waals surface area contributed by atoms with Crippen molar-refractivity contribution in [1.82, 2.24) is 0 Å². The predicted octanol–water partition coefficient (Wildman–Crippen LogP) is 2.91. The van der Waals surface area contributed by atoms with Gasteiger partial charge in [0, 0.05) is 5.41 Å². The highest BCUT2D eigenvalue weighted by molar-refractivity contribution is 5.10. The zero-order valence-electron chi connectivity index (χ0n) is 7.50. The summed E-state index contributed by atoms with van der Waals surface area (Å²) < 4.78 is 4.82. The van der Waals surface area contributed by atoms with Crippen molar-refractivity contribution in [1.29, 1.82) is 0 Å². The number of hydrogen-bond acceptors (Lipinski definition) is 1. The molecule has 0 heterocycles. The molecular formula is C10H16O. The first-order chi connectivity index (χ1) is 5.12. The van der Waals surface area contributed by atoms with Crippen molar-refractivity contribution in [2.45, 2.75) is 13.8 Å². The van der Waals surface area contributed by atoms with Crippen molar-refractivity contribution in [2.24, 2.45) is 5.41 Å². The maximum atomic E-state index is 4.82. The highest BCUT2D eigenvalue weighted by Crippen LogP contribution is 2.18. The first-order valence-corrected chi connectivity index (χ1v) is 3.63. The van der Waals surface area contributed by atoms with Crippen LogP contribution in [-0.2, 0) is 4.74 Å². The Hall–Kier alpha value is -0.980. The Balaban J connectivity index is 4.09. The zero-order valence-corrected chi connectivity index (χ0v) is 7.50. The van der Waals surface area contributed by atoms with Gasteiger partial charge in [-0.25, -0.2) is 0 Å². The van der Waals surface area contributed by atoms with Gasteiger partial charge in [0.2, 0.25) is 0 Å². The van der Waals surface area contributed by atoms with Gasteiger partial charge in [0.1, 0.15) is 0 Å². The second-order valence-electron chi connectivity index (χ2n) is 2.95. The Kier molecular flexibility index (Phi) is 4.35. The maximum Gasteiger partial charge on any atom is 0.0793 e. The van der Waals surface area contributed by atoms with Gasteiger partial charge in [-0.1, -0.05) is 38.7 Å². The molecule has 0 rings (SSSR count). The van der Waals surface area contributed by atoms with E-state index in [0.29, 0.717) is 0 Å². The first-order valence-electron chi connectivity index (χ1n) is 3.63. The molecule has 0 saturated heterocycles. The quantitative estimate of drug-likeness (QED) is 0.444. The van der Waals surface area contributed by atoms with Crippen LogP contribution in [-0.4, -0.2) is 7.11 Å². The van der Waals surface area contributed by atoms with E-state index in [1.54, 1.807) is 19.4 Å². The Morgan fingerprint density at radius 3 is 2.36 bits per heavy atom. The van der Waals surface area contributed by atoms with Crippen LogP contribution in [0.4, 0.5) is 0 Å². The molecule has 0 aromatic carbocycles. The molecule has 0 amide bonds. The monoisotopic (exact) mass is 152 g/mol. The Morgan fingerprint density at radius 2 is 1.91 bits per heavy atom. The van der Waals surface area contributed by atoms with E-state index < -0.39 is 0 Å². The molecular weight excluding hydrogens is 136 g/mol. The molecule has 0 radical (unpaired) electrons. The summed E-state index contributed by atoms with van der Waals surface area (Å²) in [6.45, 7) is 7.80. The smallest absolute Gasteiger partial charge is 0.0793 e. The van der Waals surface area contributed by atoms with Crippen molar-refractivity contribution >= 4 is 0 Å². The molecule has 1 heteroatoms. The van der Waals surface area contributed by atoms with Gasteiger partial charge in [-0.2, -0.15) is 0 Å². The molecule has 62 valence electrons. The third kappa shape index (κ3) is 5.46. The maximum absolute atomic E-state index is 4.82. The van der Waals surface area contributed by atoms with Crippen LogP contribution in [0.5, 0.6) is 0 Å². The third-order valence-electron chi connectivity index (χ3n) is 1.30. The largest absolute Gasteiger partial charge is 0.505 e. The van der Waals surface area contributed by atoms with Crippen molar-refractivity contribution < 1.29 is 4.74 Å². The van der Waals surface area contributed by atoms with Crippen LogP contribution in [0.2, 0.25) is 0 Å².